The first-order valence-electron chi connectivity index (χ1n) is 5.68. The molecule has 0 aliphatic carbocycles. The number of H-pyrrole nitrogens is 1. The fourth-order valence-corrected chi connectivity index (χ4v) is 2.46. The maximum absolute atomic E-state index is 12.6. The molecule has 0 aliphatic heterocycles. The van der Waals surface area contributed by atoms with Crippen LogP contribution in [0.5, 0.6) is 0 Å². The minimum Gasteiger partial charge on any atom is -0.249 e. The Kier molecular flexibility index (Phi) is 3.86. The number of alkyl halides is 3. The third-order valence-corrected chi connectivity index (χ3v) is 3.99. The first kappa shape index (κ1) is 15.2. The SMILES string of the molecule is C=CCS(=O)(=O)c1nc(-c2cccc(C(F)(F)F)c2)n[nH]1. The molecule has 1 heterocycles. The van der Waals surface area contributed by atoms with Gasteiger partial charge in [-0.2, -0.15) is 23.3 Å². The lowest BCUT2D eigenvalue weighted by Crippen LogP contribution is -2.06. The van der Waals surface area contributed by atoms with Gasteiger partial charge < -0.3 is 0 Å². The molecule has 0 atom stereocenters. The molecule has 1 aromatic heterocycles. The fraction of sp³-hybridized carbons (Fsp3) is 0.167. The normalized spacial score (nSPS) is 12.3. The van der Waals surface area contributed by atoms with Crippen molar-refractivity contribution in [1.82, 2.24) is 15.2 Å². The van der Waals surface area contributed by atoms with Crippen LogP contribution < -0.4 is 0 Å². The second-order valence-electron chi connectivity index (χ2n) is 4.11. The minimum absolute atomic E-state index is 0.0705. The zero-order chi connectivity index (χ0) is 15.7. The van der Waals surface area contributed by atoms with Gasteiger partial charge in [-0.05, 0) is 12.1 Å². The zero-order valence-electron chi connectivity index (χ0n) is 10.6. The van der Waals surface area contributed by atoms with Gasteiger partial charge in [-0.3, -0.25) is 0 Å². The van der Waals surface area contributed by atoms with Crippen LogP contribution in [0.15, 0.2) is 42.1 Å². The van der Waals surface area contributed by atoms with Crippen LogP contribution in [0.2, 0.25) is 0 Å². The molecule has 0 spiro atoms. The van der Waals surface area contributed by atoms with Gasteiger partial charge >= 0.3 is 6.18 Å². The highest BCUT2D eigenvalue weighted by molar-refractivity contribution is 7.91. The van der Waals surface area contributed by atoms with Gasteiger partial charge in [-0.25, -0.2) is 13.5 Å². The Balaban J connectivity index is 2.41. The van der Waals surface area contributed by atoms with E-state index < -0.39 is 26.7 Å². The molecule has 0 radical (unpaired) electrons. The molecule has 5 nitrogen and oxygen atoms in total. The second-order valence-corrected chi connectivity index (χ2v) is 6.06. The molecule has 0 unspecified atom stereocenters. The van der Waals surface area contributed by atoms with Crippen LogP contribution in [-0.4, -0.2) is 29.4 Å². The lowest BCUT2D eigenvalue weighted by Gasteiger charge is -2.06. The molecule has 1 aromatic carbocycles. The van der Waals surface area contributed by atoms with Crippen molar-refractivity contribution in [2.45, 2.75) is 11.3 Å². The summed E-state index contributed by atoms with van der Waals surface area (Å²) in [5.74, 6) is -0.465. The molecule has 2 aromatic rings. The summed E-state index contributed by atoms with van der Waals surface area (Å²) in [6, 6.07) is 4.33. The monoisotopic (exact) mass is 317 g/mol. The summed E-state index contributed by atoms with van der Waals surface area (Å²) in [5, 5.41) is 5.44. The number of nitrogens with one attached hydrogen (secondary N) is 1. The number of hydrogen-bond donors (Lipinski definition) is 1. The number of aromatic amines is 1. The number of sulfone groups is 1. The van der Waals surface area contributed by atoms with Crippen molar-refractivity contribution in [3.05, 3.63) is 42.5 Å². The van der Waals surface area contributed by atoms with Crippen LogP contribution in [0.25, 0.3) is 11.4 Å². The van der Waals surface area contributed by atoms with Gasteiger partial charge in [0.25, 0.3) is 0 Å². The molecule has 0 aliphatic rings. The van der Waals surface area contributed by atoms with Crippen molar-refractivity contribution < 1.29 is 21.6 Å². The summed E-state index contributed by atoms with van der Waals surface area (Å²) < 4.78 is 61.3. The Labute approximate surface area is 118 Å². The summed E-state index contributed by atoms with van der Waals surface area (Å²) in [5.41, 5.74) is -0.790. The summed E-state index contributed by atoms with van der Waals surface area (Å²) >= 11 is 0. The lowest BCUT2D eigenvalue weighted by molar-refractivity contribution is -0.137. The average molecular weight is 317 g/mol. The molecule has 0 saturated carbocycles. The van der Waals surface area contributed by atoms with Crippen molar-refractivity contribution in [3.63, 3.8) is 0 Å². The van der Waals surface area contributed by atoms with Gasteiger partial charge in [0.05, 0.1) is 11.3 Å². The molecule has 1 N–H and O–H groups in total. The highest BCUT2D eigenvalue weighted by Gasteiger charge is 2.30. The van der Waals surface area contributed by atoms with Crippen LogP contribution in [-0.2, 0) is 16.0 Å². The zero-order valence-corrected chi connectivity index (χ0v) is 11.4. The van der Waals surface area contributed by atoms with Crippen molar-refractivity contribution in [3.8, 4) is 11.4 Å². The van der Waals surface area contributed by atoms with E-state index in [1.165, 1.54) is 18.2 Å². The van der Waals surface area contributed by atoms with Gasteiger partial charge in [0, 0.05) is 5.56 Å². The predicted molar refractivity (Wildman–Crippen MR) is 69.1 cm³/mol. The van der Waals surface area contributed by atoms with E-state index in [2.05, 4.69) is 21.8 Å². The Morgan fingerprint density at radius 3 is 2.67 bits per heavy atom. The Morgan fingerprint density at radius 1 is 1.33 bits per heavy atom. The largest absolute Gasteiger partial charge is 0.416 e. The highest BCUT2D eigenvalue weighted by atomic mass is 32.2. The topological polar surface area (TPSA) is 75.7 Å². The lowest BCUT2D eigenvalue weighted by atomic mass is 10.1. The van der Waals surface area contributed by atoms with Crippen molar-refractivity contribution in [2.24, 2.45) is 0 Å². The standard InChI is InChI=1S/C12H10F3N3O2S/c1-2-6-21(19,20)11-16-10(17-18-11)8-4-3-5-9(7-8)12(13,14)15/h2-5,7H,1,6H2,(H,16,17,18). The third-order valence-electron chi connectivity index (χ3n) is 2.54. The van der Waals surface area contributed by atoms with Crippen molar-refractivity contribution >= 4 is 9.84 Å². The van der Waals surface area contributed by atoms with Gasteiger partial charge in [-0.15, -0.1) is 6.58 Å². The van der Waals surface area contributed by atoms with Crippen LogP contribution in [0.4, 0.5) is 13.2 Å². The number of hydrogen-bond acceptors (Lipinski definition) is 4. The number of nitrogens with zero attached hydrogens (tertiary/aromatic N) is 2. The molecule has 0 fully saturated rings. The molecule has 0 bridgehead atoms. The van der Waals surface area contributed by atoms with Crippen LogP contribution >= 0.6 is 0 Å². The van der Waals surface area contributed by atoms with E-state index in [4.69, 9.17) is 0 Å². The second kappa shape index (κ2) is 5.32. The Bertz CT molecular complexity index is 766. The maximum atomic E-state index is 12.6. The predicted octanol–water partition coefficient (Wildman–Crippen LogP) is 2.45. The van der Waals surface area contributed by atoms with Crippen LogP contribution in [0, 0.1) is 0 Å². The van der Waals surface area contributed by atoms with E-state index in [0.29, 0.717) is 0 Å². The number of rotatable bonds is 4. The minimum atomic E-state index is -4.50. The first-order chi connectivity index (χ1) is 9.74. The molecular weight excluding hydrogens is 307 g/mol. The average Bonchev–Trinajstić information content (AvgIpc) is 2.88. The third kappa shape index (κ3) is 3.30. The molecule has 21 heavy (non-hydrogen) atoms. The first-order valence-corrected chi connectivity index (χ1v) is 7.33. The molecule has 9 heteroatoms. The van der Waals surface area contributed by atoms with Crippen molar-refractivity contribution in [1.29, 1.82) is 0 Å². The van der Waals surface area contributed by atoms with Gasteiger partial charge in [0.1, 0.15) is 0 Å². The van der Waals surface area contributed by atoms with E-state index >= 15 is 0 Å². The van der Waals surface area contributed by atoms with Gasteiger partial charge in [-0.1, -0.05) is 18.2 Å². The number of aromatic nitrogens is 3. The van der Waals surface area contributed by atoms with Gasteiger partial charge in [0.15, 0.2) is 5.82 Å². The van der Waals surface area contributed by atoms with E-state index in [9.17, 15) is 21.6 Å². The molecule has 2 rings (SSSR count). The van der Waals surface area contributed by atoms with E-state index in [-0.39, 0.29) is 17.1 Å². The summed E-state index contributed by atoms with van der Waals surface area (Å²) in [6.07, 6.45) is -3.31. The summed E-state index contributed by atoms with van der Waals surface area (Å²) in [6.45, 7) is 3.31. The van der Waals surface area contributed by atoms with Crippen molar-refractivity contribution in [2.75, 3.05) is 5.75 Å². The maximum Gasteiger partial charge on any atom is 0.416 e. The Morgan fingerprint density at radius 2 is 2.05 bits per heavy atom. The molecule has 112 valence electrons. The molecule has 0 amide bonds. The smallest absolute Gasteiger partial charge is 0.249 e. The highest BCUT2D eigenvalue weighted by Crippen LogP contribution is 2.31. The van der Waals surface area contributed by atoms with Gasteiger partial charge in [0.2, 0.25) is 15.0 Å². The summed E-state index contributed by atoms with van der Waals surface area (Å²) in [7, 11) is -3.71. The number of benzene rings is 1. The molecular formula is C12H10F3N3O2S. The fourth-order valence-electron chi connectivity index (χ4n) is 1.58. The summed E-state index contributed by atoms with van der Waals surface area (Å²) in [4.78, 5) is 3.72. The number of halogens is 3. The van der Waals surface area contributed by atoms with E-state index in [1.807, 2.05) is 0 Å². The van der Waals surface area contributed by atoms with E-state index in [0.717, 1.165) is 12.1 Å². The van der Waals surface area contributed by atoms with Crippen LogP contribution in [0.3, 0.4) is 0 Å². The van der Waals surface area contributed by atoms with E-state index in [1.54, 1.807) is 0 Å². The van der Waals surface area contributed by atoms with Crippen LogP contribution in [0.1, 0.15) is 5.56 Å². The Hall–Kier alpha value is -2.16. The molecule has 0 saturated heterocycles. The quantitative estimate of drug-likeness (QED) is 0.879.